The van der Waals surface area contributed by atoms with Gasteiger partial charge in [0.1, 0.15) is 0 Å². The molecule has 0 unspecified atom stereocenters. The molecular formula is C23H30N2O3S. The molecule has 0 radical (unpaired) electrons. The van der Waals surface area contributed by atoms with Crippen LogP contribution >= 0.6 is 0 Å². The fourth-order valence-electron chi connectivity index (χ4n) is 3.85. The number of hydrogen-bond acceptors (Lipinski definition) is 3. The van der Waals surface area contributed by atoms with Crippen LogP contribution in [0.4, 0.5) is 0 Å². The van der Waals surface area contributed by atoms with Crippen LogP contribution in [0.3, 0.4) is 0 Å². The lowest BCUT2D eigenvalue weighted by Crippen LogP contribution is -2.46. The van der Waals surface area contributed by atoms with Crippen LogP contribution in [0.25, 0.3) is 0 Å². The van der Waals surface area contributed by atoms with Crippen molar-refractivity contribution in [3.8, 4) is 0 Å². The second-order valence-electron chi connectivity index (χ2n) is 7.92. The molecule has 0 aliphatic heterocycles. The summed E-state index contributed by atoms with van der Waals surface area (Å²) in [5.74, 6) is -0.271. The molecule has 0 aromatic heterocycles. The third kappa shape index (κ3) is 5.67. The van der Waals surface area contributed by atoms with Crippen LogP contribution in [0.2, 0.25) is 0 Å². The Morgan fingerprint density at radius 2 is 1.69 bits per heavy atom. The summed E-state index contributed by atoms with van der Waals surface area (Å²) in [5.41, 5.74) is 3.13. The van der Waals surface area contributed by atoms with Gasteiger partial charge in [0.05, 0.1) is 11.4 Å². The Balaban J connectivity index is 1.76. The molecule has 0 bridgehead atoms. The Morgan fingerprint density at radius 3 is 2.34 bits per heavy atom. The topological polar surface area (TPSA) is 66.5 Å². The second kappa shape index (κ2) is 9.55. The van der Waals surface area contributed by atoms with E-state index in [0.29, 0.717) is 6.54 Å². The first-order valence-corrected chi connectivity index (χ1v) is 11.7. The largest absolute Gasteiger partial charge is 0.351 e. The van der Waals surface area contributed by atoms with E-state index in [1.54, 1.807) is 24.3 Å². The third-order valence-electron chi connectivity index (χ3n) is 5.48. The SMILES string of the molecule is Cc1ccc(S(=O)(=O)N(CC(=O)NCc2cccc(C)c2)C2CCCCC2)cc1. The standard InChI is InChI=1S/C23H30N2O3S/c1-18-11-13-22(14-12-18)29(27,28)25(21-9-4-3-5-10-21)17-23(26)24-16-20-8-6-7-19(2)15-20/h6-8,11-15,21H,3-5,9-10,16-17H2,1-2H3,(H,24,26). The zero-order chi connectivity index (χ0) is 20.9. The van der Waals surface area contributed by atoms with Gasteiger partial charge in [0, 0.05) is 12.6 Å². The molecule has 2 aromatic rings. The van der Waals surface area contributed by atoms with Crippen molar-refractivity contribution in [2.75, 3.05) is 6.54 Å². The van der Waals surface area contributed by atoms with Gasteiger partial charge in [-0.1, -0.05) is 66.8 Å². The van der Waals surface area contributed by atoms with Crippen LogP contribution in [0, 0.1) is 13.8 Å². The number of rotatable bonds is 7. The van der Waals surface area contributed by atoms with E-state index >= 15 is 0 Å². The Morgan fingerprint density at radius 1 is 1.00 bits per heavy atom. The summed E-state index contributed by atoms with van der Waals surface area (Å²) in [7, 11) is -3.73. The molecular weight excluding hydrogens is 384 g/mol. The normalized spacial score (nSPS) is 15.4. The number of hydrogen-bond donors (Lipinski definition) is 1. The van der Waals surface area contributed by atoms with E-state index < -0.39 is 10.0 Å². The lowest BCUT2D eigenvalue weighted by Gasteiger charge is -2.33. The molecule has 0 spiro atoms. The van der Waals surface area contributed by atoms with E-state index in [4.69, 9.17) is 0 Å². The second-order valence-corrected chi connectivity index (χ2v) is 9.81. The monoisotopic (exact) mass is 414 g/mol. The number of nitrogens with one attached hydrogen (secondary N) is 1. The molecule has 1 N–H and O–H groups in total. The van der Waals surface area contributed by atoms with E-state index in [9.17, 15) is 13.2 Å². The molecule has 156 valence electrons. The maximum Gasteiger partial charge on any atom is 0.243 e. The molecule has 1 aliphatic carbocycles. The molecule has 1 fully saturated rings. The molecule has 2 aromatic carbocycles. The number of sulfonamides is 1. The summed E-state index contributed by atoms with van der Waals surface area (Å²) in [5, 5.41) is 2.88. The minimum Gasteiger partial charge on any atom is -0.351 e. The van der Waals surface area contributed by atoms with Gasteiger partial charge in [0.2, 0.25) is 15.9 Å². The highest BCUT2D eigenvalue weighted by Crippen LogP contribution is 2.27. The first-order chi connectivity index (χ1) is 13.9. The Hall–Kier alpha value is -2.18. The maximum atomic E-state index is 13.3. The quantitative estimate of drug-likeness (QED) is 0.746. The van der Waals surface area contributed by atoms with E-state index in [1.165, 1.54) is 4.31 Å². The fourth-order valence-corrected chi connectivity index (χ4v) is 5.49. The highest BCUT2D eigenvalue weighted by Gasteiger charge is 2.33. The van der Waals surface area contributed by atoms with Crippen molar-refractivity contribution < 1.29 is 13.2 Å². The maximum absolute atomic E-state index is 13.3. The van der Waals surface area contributed by atoms with Crippen LogP contribution in [0.5, 0.6) is 0 Å². The van der Waals surface area contributed by atoms with Crippen molar-refractivity contribution in [1.29, 1.82) is 0 Å². The van der Waals surface area contributed by atoms with Gasteiger partial charge in [0.25, 0.3) is 0 Å². The number of nitrogens with zero attached hydrogens (tertiary/aromatic N) is 1. The van der Waals surface area contributed by atoms with Crippen LogP contribution < -0.4 is 5.32 Å². The zero-order valence-corrected chi connectivity index (χ0v) is 18.0. The lowest BCUT2D eigenvalue weighted by atomic mass is 9.95. The summed E-state index contributed by atoms with van der Waals surface area (Å²) < 4.78 is 28.1. The number of carbonyl (C=O) groups excluding carboxylic acids is 1. The van der Waals surface area contributed by atoms with Gasteiger partial charge in [-0.2, -0.15) is 4.31 Å². The van der Waals surface area contributed by atoms with Gasteiger partial charge in [-0.05, 0) is 44.4 Å². The molecule has 1 saturated carbocycles. The van der Waals surface area contributed by atoms with E-state index in [0.717, 1.165) is 48.8 Å². The summed E-state index contributed by atoms with van der Waals surface area (Å²) >= 11 is 0. The van der Waals surface area contributed by atoms with Crippen LogP contribution in [-0.4, -0.2) is 31.2 Å². The first-order valence-electron chi connectivity index (χ1n) is 10.3. The Kier molecular flexibility index (Phi) is 7.09. The van der Waals surface area contributed by atoms with Crippen molar-refractivity contribution >= 4 is 15.9 Å². The summed E-state index contributed by atoms with van der Waals surface area (Å²) in [6.45, 7) is 4.18. The smallest absolute Gasteiger partial charge is 0.243 e. The van der Waals surface area contributed by atoms with Gasteiger partial charge < -0.3 is 5.32 Å². The van der Waals surface area contributed by atoms with E-state index in [-0.39, 0.29) is 23.4 Å². The molecule has 29 heavy (non-hydrogen) atoms. The molecule has 1 amide bonds. The van der Waals surface area contributed by atoms with Crippen LogP contribution in [0.1, 0.15) is 48.8 Å². The van der Waals surface area contributed by atoms with Crippen LogP contribution in [-0.2, 0) is 21.4 Å². The predicted octanol–water partition coefficient (Wildman–Crippen LogP) is 3.94. The molecule has 6 heteroatoms. The molecule has 1 aliphatic rings. The van der Waals surface area contributed by atoms with E-state index in [1.807, 2.05) is 38.1 Å². The van der Waals surface area contributed by atoms with Crippen molar-refractivity contribution in [1.82, 2.24) is 9.62 Å². The van der Waals surface area contributed by atoms with Crippen molar-refractivity contribution in [3.05, 3.63) is 65.2 Å². The minimum absolute atomic E-state index is 0.125. The number of aryl methyl sites for hydroxylation is 2. The zero-order valence-electron chi connectivity index (χ0n) is 17.2. The third-order valence-corrected chi connectivity index (χ3v) is 7.39. The van der Waals surface area contributed by atoms with Gasteiger partial charge >= 0.3 is 0 Å². The van der Waals surface area contributed by atoms with Crippen LogP contribution in [0.15, 0.2) is 53.4 Å². The molecule has 0 atom stereocenters. The average Bonchev–Trinajstić information content (AvgIpc) is 2.71. The Bertz CT molecular complexity index is 933. The van der Waals surface area contributed by atoms with Gasteiger partial charge in [-0.15, -0.1) is 0 Å². The van der Waals surface area contributed by atoms with Gasteiger partial charge in [-0.3, -0.25) is 4.79 Å². The van der Waals surface area contributed by atoms with Crippen molar-refractivity contribution in [2.45, 2.75) is 63.4 Å². The fraction of sp³-hybridized carbons (Fsp3) is 0.435. The molecule has 0 saturated heterocycles. The van der Waals surface area contributed by atoms with E-state index in [2.05, 4.69) is 5.32 Å². The summed E-state index contributed by atoms with van der Waals surface area (Å²) in [4.78, 5) is 12.9. The Labute approximate surface area is 174 Å². The van der Waals surface area contributed by atoms with Crippen molar-refractivity contribution in [2.24, 2.45) is 0 Å². The number of carbonyl (C=O) groups is 1. The van der Waals surface area contributed by atoms with Gasteiger partial charge in [0.15, 0.2) is 0 Å². The number of amides is 1. The van der Waals surface area contributed by atoms with Crippen molar-refractivity contribution in [3.63, 3.8) is 0 Å². The average molecular weight is 415 g/mol. The molecule has 5 nitrogen and oxygen atoms in total. The molecule has 0 heterocycles. The lowest BCUT2D eigenvalue weighted by molar-refractivity contribution is -0.121. The number of benzene rings is 2. The highest BCUT2D eigenvalue weighted by atomic mass is 32.2. The molecule has 3 rings (SSSR count). The minimum atomic E-state index is -3.73. The highest BCUT2D eigenvalue weighted by molar-refractivity contribution is 7.89. The predicted molar refractivity (Wildman–Crippen MR) is 115 cm³/mol. The van der Waals surface area contributed by atoms with Gasteiger partial charge in [-0.25, -0.2) is 8.42 Å². The summed E-state index contributed by atoms with van der Waals surface area (Å²) in [6, 6.07) is 14.7. The first kappa shape index (κ1) is 21.5. The summed E-state index contributed by atoms with van der Waals surface area (Å²) in [6.07, 6.45) is 4.71.